The summed E-state index contributed by atoms with van der Waals surface area (Å²) in [6.07, 6.45) is -1.53. The molecule has 2 unspecified atom stereocenters. The molecule has 0 aliphatic carbocycles. The van der Waals surface area contributed by atoms with Gasteiger partial charge in [-0.1, -0.05) is 42.1 Å². The predicted molar refractivity (Wildman–Crippen MR) is 156 cm³/mol. The molecule has 1 fully saturated rings. The van der Waals surface area contributed by atoms with E-state index in [1.807, 2.05) is 30.3 Å². The van der Waals surface area contributed by atoms with Crippen molar-refractivity contribution in [2.75, 3.05) is 31.3 Å². The van der Waals surface area contributed by atoms with Crippen molar-refractivity contribution < 1.29 is 42.9 Å². The highest BCUT2D eigenvalue weighted by Gasteiger charge is 2.54. The maximum atomic E-state index is 14.7. The predicted octanol–water partition coefficient (Wildman–Crippen LogP) is 2.98. The van der Waals surface area contributed by atoms with E-state index in [1.54, 1.807) is 13.8 Å². The fourth-order valence-corrected chi connectivity index (χ4v) is 6.58. The Hall–Kier alpha value is -2.39. The molecular weight excluding hydrogens is 590 g/mol. The number of aliphatic hydroxyl groups is 3. The minimum absolute atomic E-state index is 0.0489. The Morgan fingerprint density at radius 2 is 2.02 bits per heavy atom. The Labute approximate surface area is 246 Å². The second-order valence-corrected chi connectivity index (χ2v) is 13.7. The van der Waals surface area contributed by atoms with E-state index in [1.165, 1.54) is 23.8 Å². The van der Waals surface area contributed by atoms with E-state index in [4.69, 9.17) is 19.5 Å². The third-order valence-electron chi connectivity index (χ3n) is 6.96. The molecule has 0 amide bonds. The summed E-state index contributed by atoms with van der Waals surface area (Å²) in [4.78, 5) is 16.5. The van der Waals surface area contributed by atoms with Crippen LogP contribution in [0.15, 0.2) is 48.8 Å². The normalized spacial score (nSPS) is 24.2. The maximum Gasteiger partial charge on any atom is 0.405 e. The third kappa shape index (κ3) is 7.04. The standard InChI is InChI=1S/C27H36FN4O8PS/c1-26(2,16-33)25(35)42-12-11-38-41(37,31-13-17-7-5-4-6-8-17)39-15-20-22(34)27(3,36)24(40-20)32-14-18(28)21-19(29)9-10-30-23(21)32/h4-10,14,20,22,24,33-34,36H,11-13,15-16H2,1-3H3,(H2,29,30)(H,31,37)/t20-,22?,24-,27+,41?/m1/s1. The first-order chi connectivity index (χ1) is 19.8. The number of hydrogen-bond acceptors (Lipinski definition) is 11. The van der Waals surface area contributed by atoms with Crippen molar-refractivity contribution in [3.8, 4) is 0 Å². The number of rotatable bonds is 13. The summed E-state index contributed by atoms with van der Waals surface area (Å²) >= 11 is 0.934. The van der Waals surface area contributed by atoms with Gasteiger partial charge < -0.3 is 30.4 Å². The number of pyridine rings is 1. The van der Waals surface area contributed by atoms with Crippen molar-refractivity contribution in [2.45, 2.75) is 51.4 Å². The van der Waals surface area contributed by atoms with Crippen molar-refractivity contribution in [1.29, 1.82) is 0 Å². The zero-order valence-electron chi connectivity index (χ0n) is 23.5. The zero-order valence-corrected chi connectivity index (χ0v) is 25.2. The second kappa shape index (κ2) is 13.1. The summed E-state index contributed by atoms with van der Waals surface area (Å²) in [6.45, 7) is 3.76. The average molecular weight is 627 g/mol. The van der Waals surface area contributed by atoms with Crippen LogP contribution in [0.3, 0.4) is 0 Å². The highest BCUT2D eigenvalue weighted by molar-refractivity contribution is 8.13. The number of fused-ring (bicyclic) bond motifs is 1. The van der Waals surface area contributed by atoms with Crippen molar-refractivity contribution in [2.24, 2.45) is 5.41 Å². The summed E-state index contributed by atoms with van der Waals surface area (Å²) < 4.78 is 46.8. The highest BCUT2D eigenvalue weighted by atomic mass is 32.2. The van der Waals surface area contributed by atoms with Gasteiger partial charge in [-0.3, -0.25) is 13.8 Å². The van der Waals surface area contributed by atoms with Gasteiger partial charge in [-0.2, -0.15) is 0 Å². The molecule has 2 aromatic heterocycles. The molecule has 0 bridgehead atoms. The van der Waals surface area contributed by atoms with Crippen LogP contribution < -0.4 is 10.8 Å². The SMILES string of the molecule is CC(C)(CO)C(=O)SCCOP(=O)(NCc1ccccc1)OC[C@H]1O[C@@H](n2cc(F)c3c(N)ccnc32)[C@@](C)(O)C1O. The maximum absolute atomic E-state index is 14.7. The van der Waals surface area contributed by atoms with Crippen LogP contribution in [0.25, 0.3) is 11.0 Å². The molecule has 0 spiro atoms. The molecule has 1 aliphatic rings. The smallest absolute Gasteiger partial charge is 0.398 e. The summed E-state index contributed by atoms with van der Waals surface area (Å²) in [7, 11) is -4.04. The topological polar surface area (TPSA) is 178 Å². The molecule has 0 saturated carbocycles. The summed E-state index contributed by atoms with van der Waals surface area (Å²) in [5.41, 5.74) is 4.11. The number of carbonyl (C=O) groups is 1. The van der Waals surface area contributed by atoms with E-state index >= 15 is 0 Å². The Morgan fingerprint density at radius 3 is 2.71 bits per heavy atom. The number of nitrogen functional groups attached to an aromatic ring is 1. The lowest BCUT2D eigenvalue weighted by atomic mass is 9.96. The summed E-state index contributed by atoms with van der Waals surface area (Å²) in [5, 5.41) is 34.1. The molecule has 1 aliphatic heterocycles. The molecule has 1 aromatic carbocycles. The lowest BCUT2D eigenvalue weighted by Crippen LogP contribution is -2.44. The van der Waals surface area contributed by atoms with Gasteiger partial charge in [0.25, 0.3) is 0 Å². The van der Waals surface area contributed by atoms with Gasteiger partial charge in [-0.25, -0.2) is 19.0 Å². The quantitative estimate of drug-likeness (QED) is 0.139. The van der Waals surface area contributed by atoms with Crippen LogP contribution >= 0.6 is 19.5 Å². The van der Waals surface area contributed by atoms with Crippen LogP contribution in [0, 0.1) is 11.2 Å². The van der Waals surface area contributed by atoms with Gasteiger partial charge in [0.2, 0.25) is 0 Å². The number of halogens is 1. The third-order valence-corrected chi connectivity index (χ3v) is 9.70. The molecule has 15 heteroatoms. The highest BCUT2D eigenvalue weighted by Crippen LogP contribution is 2.47. The van der Waals surface area contributed by atoms with Gasteiger partial charge in [0, 0.05) is 30.4 Å². The van der Waals surface area contributed by atoms with Crippen LogP contribution in [0.4, 0.5) is 10.1 Å². The Morgan fingerprint density at radius 1 is 1.31 bits per heavy atom. The van der Waals surface area contributed by atoms with Crippen molar-refractivity contribution >= 4 is 41.3 Å². The van der Waals surface area contributed by atoms with Gasteiger partial charge in [0.1, 0.15) is 23.5 Å². The summed E-state index contributed by atoms with van der Waals surface area (Å²) in [5.74, 6) is -0.532. The number of aliphatic hydroxyl groups excluding tert-OH is 2. The fourth-order valence-electron chi connectivity index (χ4n) is 4.35. The van der Waals surface area contributed by atoms with E-state index in [9.17, 15) is 29.1 Å². The Bertz CT molecular complexity index is 1440. The molecule has 4 rings (SSSR count). The van der Waals surface area contributed by atoms with Gasteiger partial charge in [-0.05, 0) is 32.4 Å². The largest absolute Gasteiger partial charge is 0.405 e. The fraction of sp³-hybridized carbons (Fsp3) is 0.481. The number of hydrogen-bond donors (Lipinski definition) is 5. The molecule has 1 saturated heterocycles. The molecule has 42 heavy (non-hydrogen) atoms. The first-order valence-electron chi connectivity index (χ1n) is 13.2. The number of benzene rings is 1. The first kappa shape index (κ1) is 32.5. The Balaban J connectivity index is 1.46. The molecule has 3 heterocycles. The zero-order chi connectivity index (χ0) is 30.7. The van der Waals surface area contributed by atoms with Gasteiger partial charge in [0.15, 0.2) is 17.2 Å². The molecule has 3 aromatic rings. The van der Waals surface area contributed by atoms with Crippen molar-refractivity contribution in [3.05, 3.63) is 60.2 Å². The molecule has 12 nitrogen and oxygen atoms in total. The van der Waals surface area contributed by atoms with Crippen molar-refractivity contribution in [1.82, 2.24) is 14.6 Å². The molecular formula is C27H36FN4O8PS. The number of nitrogens with one attached hydrogen (secondary N) is 1. The number of ether oxygens (including phenoxy) is 1. The van der Waals surface area contributed by atoms with E-state index in [2.05, 4.69) is 10.1 Å². The number of nitrogens with two attached hydrogens (primary N) is 1. The van der Waals surface area contributed by atoms with E-state index in [0.29, 0.717) is 0 Å². The summed E-state index contributed by atoms with van der Waals surface area (Å²) in [6, 6.07) is 10.5. The molecule has 230 valence electrons. The second-order valence-electron chi connectivity index (χ2n) is 10.8. The number of thioether (sulfide) groups is 1. The average Bonchev–Trinajstić information content (AvgIpc) is 3.42. The van der Waals surface area contributed by atoms with Crippen LogP contribution in [0.1, 0.15) is 32.6 Å². The van der Waals surface area contributed by atoms with E-state index in [-0.39, 0.29) is 47.3 Å². The van der Waals surface area contributed by atoms with E-state index < -0.39 is 49.6 Å². The number of anilines is 1. The minimum atomic E-state index is -4.04. The van der Waals surface area contributed by atoms with E-state index in [0.717, 1.165) is 23.5 Å². The Kier molecular flexibility index (Phi) is 10.1. The van der Waals surface area contributed by atoms with Crippen LogP contribution in [-0.4, -0.2) is 73.4 Å². The lowest BCUT2D eigenvalue weighted by molar-refractivity contribution is -0.119. The molecule has 0 radical (unpaired) electrons. The van der Waals surface area contributed by atoms with Crippen LogP contribution in [-0.2, 0) is 29.7 Å². The number of nitrogens with zero attached hydrogens (tertiary/aromatic N) is 2. The first-order valence-corrected chi connectivity index (χ1v) is 15.7. The van der Waals surface area contributed by atoms with Gasteiger partial charge in [-0.15, -0.1) is 0 Å². The molecule has 5 atom stereocenters. The molecule has 6 N–H and O–H groups in total. The number of aromatic nitrogens is 2. The van der Waals surface area contributed by atoms with Crippen molar-refractivity contribution in [3.63, 3.8) is 0 Å². The number of carbonyl (C=O) groups excluding carboxylic acids is 1. The van der Waals surface area contributed by atoms with Gasteiger partial charge in [0.05, 0.1) is 30.6 Å². The monoisotopic (exact) mass is 626 g/mol. The van der Waals surface area contributed by atoms with Gasteiger partial charge >= 0.3 is 7.75 Å². The lowest BCUT2D eigenvalue weighted by Gasteiger charge is -2.27. The van der Waals surface area contributed by atoms with Crippen LogP contribution in [0.2, 0.25) is 0 Å². The van der Waals surface area contributed by atoms with Crippen LogP contribution in [0.5, 0.6) is 0 Å². The minimum Gasteiger partial charge on any atom is -0.398 e.